The van der Waals surface area contributed by atoms with Crippen LogP contribution in [0.25, 0.3) is 0 Å². The van der Waals surface area contributed by atoms with Crippen LogP contribution >= 0.6 is 0 Å². The van der Waals surface area contributed by atoms with Gasteiger partial charge in [0.15, 0.2) is 0 Å². The lowest BCUT2D eigenvalue weighted by Gasteiger charge is -2.11. The highest BCUT2D eigenvalue weighted by atomic mass is 19.4. The first kappa shape index (κ1) is 12.9. The summed E-state index contributed by atoms with van der Waals surface area (Å²) in [5, 5.41) is 13.0. The van der Waals surface area contributed by atoms with E-state index in [2.05, 4.69) is 14.7 Å². The fourth-order valence-corrected chi connectivity index (χ4v) is 0.838. The molecule has 17 heavy (non-hydrogen) atoms. The minimum absolute atomic E-state index is 0.431. The molecule has 0 radical (unpaired) electrons. The monoisotopic (exact) mass is 253 g/mol. The van der Waals surface area contributed by atoms with Crippen LogP contribution in [0.1, 0.15) is 29.5 Å². The number of carboxylic acids is 1. The summed E-state index contributed by atoms with van der Waals surface area (Å²) in [6, 6.07) is -1.25. The van der Waals surface area contributed by atoms with E-state index in [0.29, 0.717) is 0 Å². The predicted octanol–water partition coefficient (Wildman–Crippen LogP) is 0.507. The van der Waals surface area contributed by atoms with Crippen molar-refractivity contribution in [3.8, 4) is 0 Å². The van der Waals surface area contributed by atoms with Gasteiger partial charge in [0.25, 0.3) is 5.82 Å². The van der Waals surface area contributed by atoms with E-state index in [1.54, 1.807) is 0 Å². The number of aromatic nitrogens is 2. The van der Waals surface area contributed by atoms with E-state index in [0.717, 1.165) is 6.92 Å². The van der Waals surface area contributed by atoms with Crippen LogP contribution in [0.3, 0.4) is 0 Å². The van der Waals surface area contributed by atoms with Gasteiger partial charge in [-0.05, 0) is 12.1 Å². The summed E-state index contributed by atoms with van der Waals surface area (Å²) in [7, 11) is 0. The molecule has 1 atom stereocenters. The summed E-state index contributed by atoms with van der Waals surface area (Å²) < 4.78 is 40.0. The minimum atomic E-state index is -5.04. The van der Waals surface area contributed by atoms with Gasteiger partial charge in [-0.15, -0.1) is 0 Å². The fourth-order valence-electron chi connectivity index (χ4n) is 0.838. The molecule has 1 aromatic heterocycles. The first-order chi connectivity index (χ1) is 7.71. The molecule has 0 bridgehead atoms. The number of aromatic carboxylic acids is 1. The highest BCUT2D eigenvalue weighted by Crippen LogP contribution is 2.17. The Kier molecular flexibility index (Phi) is 3.34. The number of nitrogens with zero attached hydrogens (tertiary/aromatic N) is 2. The Labute approximate surface area is 91.6 Å². The molecule has 7 nitrogen and oxygen atoms in total. The highest BCUT2D eigenvalue weighted by Gasteiger charge is 2.40. The Bertz CT molecular complexity index is 442. The van der Waals surface area contributed by atoms with Gasteiger partial charge in [-0.3, -0.25) is 4.79 Å². The number of halogens is 3. The van der Waals surface area contributed by atoms with Crippen LogP contribution in [-0.2, 0) is 4.79 Å². The largest absolute Gasteiger partial charge is 0.475 e. The molecule has 1 amide bonds. The van der Waals surface area contributed by atoms with Crippen molar-refractivity contribution in [1.82, 2.24) is 15.5 Å². The maximum absolute atomic E-state index is 11.9. The van der Waals surface area contributed by atoms with Crippen molar-refractivity contribution in [1.29, 1.82) is 0 Å². The Hall–Kier alpha value is -2.13. The molecule has 0 aliphatic carbocycles. The molecular formula is C7H6F3N3O4. The van der Waals surface area contributed by atoms with E-state index >= 15 is 0 Å². The van der Waals surface area contributed by atoms with Gasteiger partial charge in [0.05, 0.1) is 0 Å². The van der Waals surface area contributed by atoms with Gasteiger partial charge in [-0.25, -0.2) is 4.79 Å². The molecule has 0 saturated heterocycles. The molecule has 94 valence electrons. The third-order valence-corrected chi connectivity index (χ3v) is 1.61. The number of alkyl halides is 3. The molecule has 1 heterocycles. The lowest BCUT2D eigenvalue weighted by Crippen LogP contribution is -2.38. The second-order valence-electron chi connectivity index (χ2n) is 2.95. The summed E-state index contributed by atoms with van der Waals surface area (Å²) in [5.41, 5.74) is 0. The van der Waals surface area contributed by atoms with E-state index in [9.17, 15) is 22.8 Å². The van der Waals surface area contributed by atoms with Gasteiger partial charge in [-0.1, -0.05) is 0 Å². The smallest absolute Gasteiger partial charge is 0.471 e. The van der Waals surface area contributed by atoms with Crippen molar-refractivity contribution in [2.45, 2.75) is 19.1 Å². The van der Waals surface area contributed by atoms with Gasteiger partial charge >= 0.3 is 18.1 Å². The predicted molar refractivity (Wildman–Crippen MR) is 43.9 cm³/mol. The van der Waals surface area contributed by atoms with Crippen LogP contribution in [-0.4, -0.2) is 33.3 Å². The third-order valence-electron chi connectivity index (χ3n) is 1.61. The van der Waals surface area contributed by atoms with Crippen LogP contribution in [0.5, 0.6) is 0 Å². The summed E-state index contributed by atoms with van der Waals surface area (Å²) in [5.74, 6) is -4.80. The number of carboxylic acid groups (broad SMARTS) is 1. The number of rotatable bonds is 3. The summed E-state index contributed by atoms with van der Waals surface area (Å²) in [6.07, 6.45) is -5.04. The molecule has 0 aliphatic heterocycles. The van der Waals surface area contributed by atoms with Gasteiger partial charge in [-0.2, -0.15) is 18.2 Å². The Balaban J connectivity index is 2.73. The van der Waals surface area contributed by atoms with Crippen molar-refractivity contribution < 1.29 is 32.4 Å². The molecule has 0 saturated carbocycles. The van der Waals surface area contributed by atoms with Crippen LogP contribution in [0.15, 0.2) is 4.52 Å². The molecule has 1 unspecified atom stereocenters. The molecule has 0 aliphatic rings. The third kappa shape index (κ3) is 3.16. The summed E-state index contributed by atoms with van der Waals surface area (Å²) >= 11 is 0. The molecule has 0 fully saturated rings. The Morgan fingerprint density at radius 3 is 2.47 bits per heavy atom. The van der Waals surface area contributed by atoms with Crippen molar-refractivity contribution in [3.05, 3.63) is 11.7 Å². The molecule has 2 N–H and O–H groups in total. The zero-order chi connectivity index (χ0) is 13.2. The van der Waals surface area contributed by atoms with E-state index in [1.165, 1.54) is 5.32 Å². The lowest BCUT2D eigenvalue weighted by molar-refractivity contribution is -0.174. The topological polar surface area (TPSA) is 105 Å². The second kappa shape index (κ2) is 4.39. The zero-order valence-corrected chi connectivity index (χ0v) is 8.28. The number of amides is 1. The minimum Gasteiger partial charge on any atom is -0.475 e. The van der Waals surface area contributed by atoms with Gasteiger partial charge in [0.1, 0.15) is 6.04 Å². The van der Waals surface area contributed by atoms with Gasteiger partial charge < -0.3 is 14.9 Å². The number of carbonyl (C=O) groups excluding carboxylic acids is 1. The number of nitrogens with one attached hydrogen (secondary N) is 1. The van der Waals surface area contributed by atoms with Crippen molar-refractivity contribution in [2.24, 2.45) is 0 Å². The normalized spacial score (nSPS) is 13.2. The standard InChI is InChI=1S/C7H6F3N3O4/c1-2(11-6(16)7(8,9)10)4-12-3(5(14)15)13-17-4/h2H,1H3,(H,11,16)(H,14,15). The summed E-state index contributed by atoms with van der Waals surface area (Å²) in [4.78, 5) is 24.2. The van der Waals surface area contributed by atoms with Crippen LogP contribution < -0.4 is 5.32 Å². The Morgan fingerprint density at radius 2 is 2.06 bits per heavy atom. The quantitative estimate of drug-likeness (QED) is 0.812. The summed E-state index contributed by atoms with van der Waals surface area (Å²) in [6.45, 7) is 1.14. The lowest BCUT2D eigenvalue weighted by atomic mass is 10.3. The molecule has 10 heteroatoms. The van der Waals surface area contributed by atoms with E-state index in [1.807, 2.05) is 0 Å². The maximum Gasteiger partial charge on any atom is 0.471 e. The van der Waals surface area contributed by atoms with Crippen molar-refractivity contribution in [3.63, 3.8) is 0 Å². The number of hydrogen-bond acceptors (Lipinski definition) is 5. The first-order valence-electron chi connectivity index (χ1n) is 4.16. The molecule has 0 aromatic carbocycles. The maximum atomic E-state index is 11.9. The number of hydrogen-bond donors (Lipinski definition) is 2. The van der Waals surface area contributed by atoms with Gasteiger partial charge in [0.2, 0.25) is 5.89 Å². The van der Waals surface area contributed by atoms with Crippen LogP contribution in [0.4, 0.5) is 13.2 Å². The van der Waals surface area contributed by atoms with Crippen molar-refractivity contribution in [2.75, 3.05) is 0 Å². The van der Waals surface area contributed by atoms with E-state index < -0.39 is 35.8 Å². The average Bonchev–Trinajstić information content (AvgIpc) is 2.64. The molecular weight excluding hydrogens is 247 g/mol. The van der Waals surface area contributed by atoms with E-state index in [4.69, 9.17) is 5.11 Å². The highest BCUT2D eigenvalue weighted by molar-refractivity contribution is 5.83. The Morgan fingerprint density at radius 1 is 1.47 bits per heavy atom. The zero-order valence-electron chi connectivity index (χ0n) is 8.28. The first-order valence-corrected chi connectivity index (χ1v) is 4.16. The molecule has 0 spiro atoms. The number of carbonyl (C=O) groups is 2. The van der Waals surface area contributed by atoms with Crippen LogP contribution in [0.2, 0.25) is 0 Å². The second-order valence-corrected chi connectivity index (χ2v) is 2.95. The van der Waals surface area contributed by atoms with Crippen LogP contribution in [0, 0.1) is 0 Å². The average molecular weight is 253 g/mol. The SMILES string of the molecule is CC(NC(=O)C(F)(F)F)c1nc(C(=O)O)no1. The molecule has 1 aromatic rings. The molecule has 1 rings (SSSR count). The van der Waals surface area contributed by atoms with E-state index in [-0.39, 0.29) is 0 Å². The fraction of sp³-hybridized carbons (Fsp3) is 0.429. The van der Waals surface area contributed by atoms with Gasteiger partial charge in [0, 0.05) is 0 Å². The van der Waals surface area contributed by atoms with Crippen molar-refractivity contribution >= 4 is 11.9 Å².